The first-order valence-electron chi connectivity index (χ1n) is 6.08. The van der Waals surface area contributed by atoms with Crippen molar-refractivity contribution in [2.24, 2.45) is 0 Å². The lowest BCUT2D eigenvalue weighted by molar-refractivity contribution is -0.0512. The van der Waals surface area contributed by atoms with Crippen molar-refractivity contribution >= 4 is 17.3 Å². The van der Waals surface area contributed by atoms with E-state index in [0.717, 1.165) is 5.56 Å². The third-order valence-electron chi connectivity index (χ3n) is 2.32. The van der Waals surface area contributed by atoms with E-state index in [1.165, 1.54) is 13.2 Å². The van der Waals surface area contributed by atoms with Crippen molar-refractivity contribution in [1.82, 2.24) is 10.6 Å². The van der Waals surface area contributed by atoms with Gasteiger partial charge in [0.05, 0.1) is 7.11 Å². The lowest BCUT2D eigenvalue weighted by atomic mass is 10.2. The number of nitrogens with one attached hydrogen (secondary N) is 2. The van der Waals surface area contributed by atoms with Crippen LogP contribution in [0.1, 0.15) is 19.4 Å². The standard InChI is InChI=1S/C13H18F2N2O2S/c1-8(2)17-13(20)16-7-9-4-5-10(19-12(14)15)11(6-9)18-3/h4-6,8,12H,7H2,1-3H3,(H2,16,17,20). The van der Waals surface area contributed by atoms with E-state index in [0.29, 0.717) is 11.7 Å². The molecule has 1 rings (SSSR count). The zero-order valence-corrected chi connectivity index (χ0v) is 12.4. The molecule has 0 aromatic heterocycles. The second-order valence-electron chi connectivity index (χ2n) is 4.35. The van der Waals surface area contributed by atoms with Crippen molar-refractivity contribution in [3.8, 4) is 11.5 Å². The molecule has 0 aliphatic carbocycles. The Kier molecular flexibility index (Phi) is 6.44. The van der Waals surface area contributed by atoms with Gasteiger partial charge in [0.2, 0.25) is 0 Å². The molecular formula is C13H18F2N2O2S. The van der Waals surface area contributed by atoms with Crippen LogP contribution < -0.4 is 20.1 Å². The molecule has 0 saturated carbocycles. The van der Waals surface area contributed by atoms with E-state index in [4.69, 9.17) is 17.0 Å². The van der Waals surface area contributed by atoms with Gasteiger partial charge in [-0.3, -0.25) is 0 Å². The molecule has 0 spiro atoms. The van der Waals surface area contributed by atoms with Gasteiger partial charge in [-0.2, -0.15) is 8.78 Å². The summed E-state index contributed by atoms with van der Waals surface area (Å²) in [7, 11) is 1.40. The van der Waals surface area contributed by atoms with Crippen molar-refractivity contribution in [2.75, 3.05) is 7.11 Å². The van der Waals surface area contributed by atoms with E-state index in [2.05, 4.69) is 15.4 Å². The number of rotatable bonds is 6. The highest BCUT2D eigenvalue weighted by Crippen LogP contribution is 2.29. The Balaban J connectivity index is 2.66. The van der Waals surface area contributed by atoms with Crippen LogP contribution in [-0.4, -0.2) is 24.9 Å². The summed E-state index contributed by atoms with van der Waals surface area (Å²) in [4.78, 5) is 0. The van der Waals surface area contributed by atoms with Crippen molar-refractivity contribution < 1.29 is 18.3 Å². The molecule has 0 amide bonds. The molecule has 0 atom stereocenters. The molecule has 0 unspecified atom stereocenters. The van der Waals surface area contributed by atoms with Crippen LogP contribution in [-0.2, 0) is 6.54 Å². The number of alkyl halides is 2. The molecule has 1 aromatic carbocycles. The highest BCUT2D eigenvalue weighted by Gasteiger charge is 2.11. The van der Waals surface area contributed by atoms with E-state index in [-0.39, 0.29) is 17.5 Å². The van der Waals surface area contributed by atoms with Crippen LogP contribution in [0.3, 0.4) is 0 Å². The van der Waals surface area contributed by atoms with E-state index in [9.17, 15) is 8.78 Å². The predicted molar refractivity (Wildman–Crippen MR) is 77.3 cm³/mol. The van der Waals surface area contributed by atoms with Crippen LogP contribution in [0.5, 0.6) is 11.5 Å². The van der Waals surface area contributed by atoms with Gasteiger partial charge >= 0.3 is 6.61 Å². The van der Waals surface area contributed by atoms with Crippen LogP contribution in [0, 0.1) is 0 Å². The summed E-state index contributed by atoms with van der Waals surface area (Å²) in [5, 5.41) is 6.60. The summed E-state index contributed by atoms with van der Waals surface area (Å²) in [6, 6.07) is 4.99. The van der Waals surface area contributed by atoms with Gasteiger partial charge in [-0.05, 0) is 43.8 Å². The molecule has 0 bridgehead atoms. The van der Waals surface area contributed by atoms with Gasteiger partial charge in [-0.15, -0.1) is 0 Å². The summed E-state index contributed by atoms with van der Waals surface area (Å²) in [6.07, 6.45) is 0. The third kappa shape index (κ3) is 5.56. The van der Waals surface area contributed by atoms with Crippen molar-refractivity contribution in [1.29, 1.82) is 0 Å². The molecule has 0 radical (unpaired) electrons. The lowest BCUT2D eigenvalue weighted by Gasteiger charge is -2.14. The Morgan fingerprint density at radius 3 is 2.55 bits per heavy atom. The second kappa shape index (κ2) is 7.84. The van der Waals surface area contributed by atoms with E-state index in [1.54, 1.807) is 12.1 Å². The molecule has 1 aromatic rings. The highest BCUT2D eigenvalue weighted by molar-refractivity contribution is 7.80. The first-order valence-corrected chi connectivity index (χ1v) is 6.49. The number of ether oxygens (including phenoxy) is 2. The first kappa shape index (κ1) is 16.4. The fourth-order valence-corrected chi connectivity index (χ4v) is 1.82. The average molecular weight is 304 g/mol. The van der Waals surface area contributed by atoms with Crippen LogP contribution in [0.25, 0.3) is 0 Å². The molecule has 20 heavy (non-hydrogen) atoms. The lowest BCUT2D eigenvalue weighted by Crippen LogP contribution is -2.38. The molecule has 0 aliphatic rings. The molecule has 7 heteroatoms. The molecule has 0 saturated heterocycles. The summed E-state index contributed by atoms with van der Waals surface area (Å²) in [5.74, 6) is 0.265. The number of benzene rings is 1. The normalized spacial score (nSPS) is 10.6. The number of hydrogen-bond acceptors (Lipinski definition) is 3. The predicted octanol–water partition coefficient (Wildman–Crippen LogP) is 2.67. The van der Waals surface area contributed by atoms with E-state index >= 15 is 0 Å². The van der Waals surface area contributed by atoms with Gasteiger partial charge in [-0.25, -0.2) is 0 Å². The maximum atomic E-state index is 12.2. The van der Waals surface area contributed by atoms with Gasteiger partial charge in [-0.1, -0.05) is 6.07 Å². The van der Waals surface area contributed by atoms with Crippen molar-refractivity contribution in [3.63, 3.8) is 0 Å². The topological polar surface area (TPSA) is 42.5 Å². The van der Waals surface area contributed by atoms with Gasteiger partial charge in [0.1, 0.15) is 0 Å². The number of methoxy groups -OCH3 is 1. The minimum Gasteiger partial charge on any atom is -0.493 e. The average Bonchev–Trinajstić information content (AvgIpc) is 2.36. The van der Waals surface area contributed by atoms with Crippen molar-refractivity contribution in [3.05, 3.63) is 23.8 Å². The SMILES string of the molecule is COc1cc(CNC(=S)NC(C)C)ccc1OC(F)F. The fourth-order valence-electron chi connectivity index (χ4n) is 1.51. The smallest absolute Gasteiger partial charge is 0.387 e. The zero-order chi connectivity index (χ0) is 15.1. The molecule has 0 heterocycles. The summed E-state index contributed by atoms with van der Waals surface area (Å²) in [6.45, 7) is 1.54. The molecular weight excluding hydrogens is 286 g/mol. The number of halogens is 2. The monoisotopic (exact) mass is 304 g/mol. The maximum Gasteiger partial charge on any atom is 0.387 e. The van der Waals surface area contributed by atoms with E-state index < -0.39 is 6.61 Å². The Labute approximate surface area is 122 Å². The largest absolute Gasteiger partial charge is 0.493 e. The molecule has 2 N–H and O–H groups in total. The first-order chi connectivity index (χ1) is 9.42. The quantitative estimate of drug-likeness (QED) is 0.791. The summed E-state index contributed by atoms with van der Waals surface area (Å²) in [5.41, 5.74) is 0.844. The van der Waals surface area contributed by atoms with Crippen LogP contribution in [0.4, 0.5) is 8.78 Å². The Morgan fingerprint density at radius 1 is 1.30 bits per heavy atom. The highest BCUT2D eigenvalue weighted by atomic mass is 32.1. The number of thiocarbonyl (C=S) groups is 1. The Hall–Kier alpha value is -1.63. The van der Waals surface area contributed by atoms with Gasteiger partial charge in [0.25, 0.3) is 0 Å². The zero-order valence-electron chi connectivity index (χ0n) is 11.6. The van der Waals surface area contributed by atoms with E-state index in [1.807, 2.05) is 13.8 Å². The molecule has 112 valence electrons. The van der Waals surface area contributed by atoms with Gasteiger partial charge in [0.15, 0.2) is 16.6 Å². The Bertz CT molecular complexity index is 456. The molecule has 0 fully saturated rings. The number of hydrogen-bond donors (Lipinski definition) is 2. The minimum atomic E-state index is -2.88. The second-order valence-corrected chi connectivity index (χ2v) is 4.75. The minimum absolute atomic E-state index is 0.00846. The Morgan fingerprint density at radius 2 is 2.00 bits per heavy atom. The van der Waals surface area contributed by atoms with Crippen LogP contribution in [0.15, 0.2) is 18.2 Å². The summed E-state index contributed by atoms with van der Waals surface area (Å²) >= 11 is 5.10. The van der Waals surface area contributed by atoms with Gasteiger partial charge < -0.3 is 20.1 Å². The molecule has 4 nitrogen and oxygen atoms in total. The van der Waals surface area contributed by atoms with Crippen LogP contribution in [0.2, 0.25) is 0 Å². The summed E-state index contributed by atoms with van der Waals surface area (Å²) < 4.78 is 33.8. The van der Waals surface area contributed by atoms with Crippen LogP contribution >= 0.6 is 12.2 Å². The maximum absolute atomic E-state index is 12.2. The van der Waals surface area contributed by atoms with Crippen molar-refractivity contribution in [2.45, 2.75) is 33.0 Å². The third-order valence-corrected chi connectivity index (χ3v) is 2.58. The molecule has 0 aliphatic heterocycles. The van der Waals surface area contributed by atoms with Gasteiger partial charge in [0, 0.05) is 12.6 Å². The fraction of sp³-hybridized carbons (Fsp3) is 0.462.